The van der Waals surface area contributed by atoms with E-state index in [0.717, 1.165) is 26.1 Å². The minimum absolute atomic E-state index is 0.163. The Labute approximate surface area is 122 Å². The molecule has 2 fully saturated rings. The van der Waals surface area contributed by atoms with Crippen molar-refractivity contribution in [1.82, 2.24) is 5.32 Å². The molecule has 1 saturated heterocycles. The summed E-state index contributed by atoms with van der Waals surface area (Å²) in [5.74, 6) is 1.10. The smallest absolute Gasteiger partial charge is 0.220 e. The molecule has 1 saturated carbocycles. The van der Waals surface area contributed by atoms with Gasteiger partial charge in [-0.1, -0.05) is 19.3 Å². The summed E-state index contributed by atoms with van der Waals surface area (Å²) in [6.07, 6.45) is 9.23. The highest BCUT2D eigenvalue weighted by molar-refractivity contribution is 5.76. The molecule has 0 spiro atoms. The molecule has 0 aromatic rings. The van der Waals surface area contributed by atoms with Gasteiger partial charge in [0, 0.05) is 26.2 Å². The Bertz CT molecular complexity index is 283. The van der Waals surface area contributed by atoms with E-state index in [1.165, 1.54) is 32.1 Å². The molecule has 0 unspecified atom stereocenters. The van der Waals surface area contributed by atoms with Gasteiger partial charge in [0.05, 0.1) is 6.10 Å². The normalized spacial score (nSPS) is 23.4. The molecule has 0 aromatic carbocycles. The molecule has 1 aliphatic heterocycles. The molecular formula is C16H29NO3. The molecule has 1 amide bonds. The average Bonchev–Trinajstić information content (AvgIpc) is 2.49. The monoisotopic (exact) mass is 283 g/mol. The summed E-state index contributed by atoms with van der Waals surface area (Å²) in [6, 6.07) is 0. The number of aliphatic hydroxyl groups is 1. The van der Waals surface area contributed by atoms with E-state index in [1.54, 1.807) is 0 Å². The molecule has 20 heavy (non-hydrogen) atoms. The van der Waals surface area contributed by atoms with E-state index >= 15 is 0 Å². The fourth-order valence-electron chi connectivity index (χ4n) is 3.42. The summed E-state index contributed by atoms with van der Waals surface area (Å²) >= 11 is 0. The number of carbonyl (C=O) groups is 1. The van der Waals surface area contributed by atoms with Crippen molar-refractivity contribution in [3.63, 3.8) is 0 Å². The molecule has 0 bridgehead atoms. The molecule has 1 atom stereocenters. The maximum absolute atomic E-state index is 11.9. The molecule has 0 radical (unpaired) electrons. The van der Waals surface area contributed by atoms with E-state index in [1.807, 2.05) is 0 Å². The van der Waals surface area contributed by atoms with Crippen LogP contribution in [0, 0.1) is 11.8 Å². The standard InChI is InChI=1S/C16H29NO3/c18-15(14-7-10-20-11-8-14)6-9-17-16(19)12-13-4-2-1-3-5-13/h13-15,18H,1-12H2,(H,17,19)/t15-/m1/s1. The second kappa shape index (κ2) is 8.63. The third kappa shape index (κ3) is 5.41. The van der Waals surface area contributed by atoms with Crippen molar-refractivity contribution in [3.05, 3.63) is 0 Å². The van der Waals surface area contributed by atoms with Gasteiger partial charge in [-0.25, -0.2) is 0 Å². The fourth-order valence-corrected chi connectivity index (χ4v) is 3.42. The van der Waals surface area contributed by atoms with Crippen molar-refractivity contribution < 1.29 is 14.6 Å². The van der Waals surface area contributed by atoms with E-state index in [9.17, 15) is 9.90 Å². The number of aliphatic hydroxyl groups excluding tert-OH is 1. The second-order valence-electron chi connectivity index (χ2n) is 6.36. The van der Waals surface area contributed by atoms with E-state index in [4.69, 9.17) is 4.74 Å². The molecule has 2 rings (SSSR count). The zero-order chi connectivity index (χ0) is 14.2. The van der Waals surface area contributed by atoms with Gasteiger partial charge in [-0.3, -0.25) is 4.79 Å². The number of nitrogens with one attached hydrogen (secondary N) is 1. The predicted molar refractivity (Wildman–Crippen MR) is 78.4 cm³/mol. The lowest BCUT2D eigenvalue weighted by molar-refractivity contribution is -0.122. The van der Waals surface area contributed by atoms with Gasteiger partial charge in [-0.05, 0) is 43.9 Å². The van der Waals surface area contributed by atoms with E-state index < -0.39 is 0 Å². The van der Waals surface area contributed by atoms with Gasteiger partial charge in [0.2, 0.25) is 5.91 Å². The van der Waals surface area contributed by atoms with Crippen LogP contribution in [0.15, 0.2) is 0 Å². The van der Waals surface area contributed by atoms with Gasteiger partial charge < -0.3 is 15.2 Å². The molecule has 4 heteroatoms. The van der Waals surface area contributed by atoms with Crippen molar-refractivity contribution in [1.29, 1.82) is 0 Å². The first-order valence-corrected chi connectivity index (χ1v) is 8.28. The van der Waals surface area contributed by atoms with Gasteiger partial charge in [0.25, 0.3) is 0 Å². The second-order valence-corrected chi connectivity index (χ2v) is 6.36. The van der Waals surface area contributed by atoms with Gasteiger partial charge in [0.1, 0.15) is 0 Å². The Hall–Kier alpha value is -0.610. The van der Waals surface area contributed by atoms with Crippen LogP contribution in [0.4, 0.5) is 0 Å². The minimum atomic E-state index is -0.297. The largest absolute Gasteiger partial charge is 0.393 e. The van der Waals surface area contributed by atoms with Crippen LogP contribution >= 0.6 is 0 Å². The lowest BCUT2D eigenvalue weighted by Crippen LogP contribution is -2.33. The van der Waals surface area contributed by atoms with E-state index in [2.05, 4.69) is 5.32 Å². The highest BCUT2D eigenvalue weighted by Crippen LogP contribution is 2.26. The first-order valence-electron chi connectivity index (χ1n) is 8.28. The van der Waals surface area contributed by atoms with Crippen LogP contribution in [0.1, 0.15) is 57.8 Å². The number of hydrogen-bond acceptors (Lipinski definition) is 3. The minimum Gasteiger partial charge on any atom is -0.393 e. The number of rotatable bonds is 6. The summed E-state index contributed by atoms with van der Waals surface area (Å²) in [4.78, 5) is 11.9. The lowest BCUT2D eigenvalue weighted by atomic mass is 9.87. The Kier molecular flexibility index (Phi) is 6.80. The number of ether oxygens (including phenoxy) is 1. The molecule has 0 aromatic heterocycles. The van der Waals surface area contributed by atoms with Crippen LogP contribution in [0.5, 0.6) is 0 Å². The van der Waals surface area contributed by atoms with Crippen molar-refractivity contribution in [2.75, 3.05) is 19.8 Å². The first-order chi connectivity index (χ1) is 9.75. The van der Waals surface area contributed by atoms with Crippen molar-refractivity contribution in [3.8, 4) is 0 Å². The predicted octanol–water partition coefficient (Wildman–Crippen LogP) is 2.25. The summed E-state index contributed by atoms with van der Waals surface area (Å²) in [5, 5.41) is 13.1. The van der Waals surface area contributed by atoms with Crippen molar-refractivity contribution in [2.24, 2.45) is 11.8 Å². The quantitative estimate of drug-likeness (QED) is 0.786. The summed E-state index contributed by atoms with van der Waals surface area (Å²) in [7, 11) is 0. The summed E-state index contributed by atoms with van der Waals surface area (Å²) in [5.41, 5.74) is 0. The average molecular weight is 283 g/mol. The van der Waals surface area contributed by atoms with Gasteiger partial charge in [-0.2, -0.15) is 0 Å². The molecule has 4 nitrogen and oxygen atoms in total. The van der Waals surface area contributed by atoms with Crippen LogP contribution in [-0.2, 0) is 9.53 Å². The van der Waals surface area contributed by atoms with Crippen LogP contribution < -0.4 is 5.32 Å². The number of hydrogen-bond donors (Lipinski definition) is 2. The van der Waals surface area contributed by atoms with Gasteiger partial charge in [0.15, 0.2) is 0 Å². The van der Waals surface area contributed by atoms with Crippen molar-refractivity contribution >= 4 is 5.91 Å². The zero-order valence-electron chi connectivity index (χ0n) is 12.5. The van der Waals surface area contributed by atoms with Crippen LogP contribution in [0.3, 0.4) is 0 Å². The van der Waals surface area contributed by atoms with Crippen LogP contribution in [-0.4, -0.2) is 36.9 Å². The Balaban J connectivity index is 1.56. The maximum Gasteiger partial charge on any atom is 0.220 e. The Morgan fingerprint density at radius 2 is 1.85 bits per heavy atom. The first kappa shape index (κ1) is 15.8. The molecule has 2 N–H and O–H groups in total. The Morgan fingerprint density at radius 3 is 2.55 bits per heavy atom. The molecule has 116 valence electrons. The fraction of sp³-hybridized carbons (Fsp3) is 0.938. The zero-order valence-corrected chi connectivity index (χ0v) is 12.5. The van der Waals surface area contributed by atoms with Gasteiger partial charge in [-0.15, -0.1) is 0 Å². The lowest BCUT2D eigenvalue weighted by Gasteiger charge is -2.27. The van der Waals surface area contributed by atoms with E-state index in [-0.39, 0.29) is 12.0 Å². The third-order valence-electron chi connectivity index (χ3n) is 4.77. The maximum atomic E-state index is 11.9. The molecule has 1 heterocycles. The highest BCUT2D eigenvalue weighted by atomic mass is 16.5. The molecule has 2 aliphatic rings. The molecule has 1 aliphatic carbocycles. The summed E-state index contributed by atoms with van der Waals surface area (Å²) < 4.78 is 5.30. The Morgan fingerprint density at radius 1 is 1.15 bits per heavy atom. The van der Waals surface area contributed by atoms with Gasteiger partial charge >= 0.3 is 0 Å². The van der Waals surface area contributed by atoms with Crippen molar-refractivity contribution in [2.45, 2.75) is 63.9 Å². The summed E-state index contributed by atoms with van der Waals surface area (Å²) in [6.45, 7) is 2.12. The highest BCUT2D eigenvalue weighted by Gasteiger charge is 2.22. The van der Waals surface area contributed by atoms with Crippen LogP contribution in [0.25, 0.3) is 0 Å². The SMILES string of the molecule is O=C(CC1CCCCC1)NCC[C@@H](O)C1CCOCC1. The third-order valence-corrected chi connectivity index (χ3v) is 4.77. The number of carbonyl (C=O) groups excluding carboxylic acids is 1. The molecular weight excluding hydrogens is 254 g/mol. The van der Waals surface area contributed by atoms with E-state index in [0.29, 0.717) is 31.2 Å². The topological polar surface area (TPSA) is 58.6 Å². The number of amides is 1. The van der Waals surface area contributed by atoms with Crippen LogP contribution in [0.2, 0.25) is 0 Å².